The van der Waals surface area contributed by atoms with Gasteiger partial charge in [0.05, 0.1) is 11.4 Å². The molecule has 0 unspecified atom stereocenters. The molecule has 0 N–H and O–H groups in total. The van der Waals surface area contributed by atoms with Crippen molar-refractivity contribution in [2.45, 2.75) is 27.2 Å². The van der Waals surface area contributed by atoms with E-state index in [4.69, 9.17) is 0 Å². The number of nitrogens with zero attached hydrogens (tertiary/aromatic N) is 2. The zero-order valence-electron chi connectivity index (χ0n) is 14.4. The number of rotatable bonds is 4. The molecule has 1 amide bonds. The smallest absolute Gasteiger partial charge is 0.233 e. The summed E-state index contributed by atoms with van der Waals surface area (Å²) in [5.41, 5.74) is 3.54. The van der Waals surface area contributed by atoms with Crippen LogP contribution in [0.5, 0.6) is 0 Å². The monoisotopic (exact) mass is 354 g/mol. The van der Waals surface area contributed by atoms with Gasteiger partial charge in [-0.05, 0) is 32.0 Å². The van der Waals surface area contributed by atoms with Crippen LogP contribution in [0.3, 0.4) is 0 Å². The lowest BCUT2D eigenvalue weighted by Gasteiger charge is -2.19. The standard InChI is InChI=1S/C20H19FN2OS/c1-4-18(24)23(17-7-5-6-16(21)12-17)20-22-19(14(3)25-20)15-10-8-13(2)9-11-15/h5-12H,4H2,1-3H3. The van der Waals surface area contributed by atoms with Gasteiger partial charge in [0.1, 0.15) is 5.82 Å². The van der Waals surface area contributed by atoms with Crippen LogP contribution >= 0.6 is 11.3 Å². The lowest BCUT2D eigenvalue weighted by Crippen LogP contribution is -2.24. The predicted molar refractivity (Wildman–Crippen MR) is 101 cm³/mol. The Labute approximate surface area is 150 Å². The van der Waals surface area contributed by atoms with Gasteiger partial charge >= 0.3 is 0 Å². The third-order valence-corrected chi connectivity index (χ3v) is 4.88. The number of anilines is 2. The van der Waals surface area contributed by atoms with Gasteiger partial charge in [-0.3, -0.25) is 9.69 Å². The summed E-state index contributed by atoms with van der Waals surface area (Å²) >= 11 is 1.44. The Bertz CT molecular complexity index is 902. The highest BCUT2D eigenvalue weighted by Gasteiger charge is 2.22. The van der Waals surface area contributed by atoms with E-state index in [2.05, 4.69) is 4.98 Å². The summed E-state index contributed by atoms with van der Waals surface area (Å²) < 4.78 is 13.6. The van der Waals surface area contributed by atoms with Gasteiger partial charge < -0.3 is 0 Å². The molecule has 2 aromatic carbocycles. The largest absolute Gasteiger partial charge is 0.274 e. The molecule has 0 fully saturated rings. The molecule has 0 spiro atoms. The number of benzene rings is 2. The minimum atomic E-state index is -0.376. The molecule has 0 atom stereocenters. The molecule has 1 aromatic heterocycles. The van der Waals surface area contributed by atoms with E-state index in [-0.39, 0.29) is 11.7 Å². The van der Waals surface area contributed by atoms with E-state index in [1.54, 1.807) is 19.1 Å². The van der Waals surface area contributed by atoms with Crippen LogP contribution in [0.25, 0.3) is 11.3 Å². The van der Waals surface area contributed by atoms with E-state index in [0.29, 0.717) is 17.2 Å². The van der Waals surface area contributed by atoms with E-state index in [1.165, 1.54) is 33.9 Å². The minimum Gasteiger partial charge on any atom is -0.274 e. The average molecular weight is 354 g/mol. The molecule has 0 bridgehead atoms. The van der Waals surface area contributed by atoms with Gasteiger partial charge in [0.25, 0.3) is 0 Å². The van der Waals surface area contributed by atoms with Gasteiger partial charge in [-0.1, -0.05) is 42.8 Å². The lowest BCUT2D eigenvalue weighted by molar-refractivity contribution is -0.117. The van der Waals surface area contributed by atoms with Crippen LogP contribution in [0, 0.1) is 19.7 Å². The van der Waals surface area contributed by atoms with Crippen molar-refractivity contribution in [2.75, 3.05) is 4.90 Å². The molecular weight excluding hydrogens is 335 g/mol. The molecule has 3 nitrogen and oxygen atoms in total. The molecule has 0 saturated carbocycles. The molecule has 3 rings (SSSR count). The zero-order chi connectivity index (χ0) is 18.0. The quantitative estimate of drug-likeness (QED) is 0.607. The van der Waals surface area contributed by atoms with Crippen LogP contribution in [0.15, 0.2) is 48.5 Å². The van der Waals surface area contributed by atoms with Crippen LogP contribution in [0.2, 0.25) is 0 Å². The van der Waals surface area contributed by atoms with Crippen molar-refractivity contribution in [1.82, 2.24) is 4.98 Å². The summed E-state index contributed by atoms with van der Waals surface area (Å²) in [5.74, 6) is -0.492. The maximum absolute atomic E-state index is 13.6. The van der Waals surface area contributed by atoms with Crippen LogP contribution in [0.1, 0.15) is 23.8 Å². The molecule has 3 aromatic rings. The lowest BCUT2D eigenvalue weighted by atomic mass is 10.1. The normalized spacial score (nSPS) is 10.7. The Morgan fingerprint density at radius 3 is 2.52 bits per heavy atom. The maximum Gasteiger partial charge on any atom is 0.233 e. The first-order valence-electron chi connectivity index (χ1n) is 8.12. The highest BCUT2D eigenvalue weighted by Crippen LogP contribution is 2.36. The summed E-state index contributed by atoms with van der Waals surface area (Å²) in [6.07, 6.45) is 0.314. The summed E-state index contributed by atoms with van der Waals surface area (Å²) in [4.78, 5) is 19.7. The van der Waals surface area contributed by atoms with Crippen LogP contribution in [0.4, 0.5) is 15.2 Å². The highest BCUT2D eigenvalue weighted by molar-refractivity contribution is 7.16. The molecular formula is C20H19FN2OS. The molecule has 0 saturated heterocycles. The van der Waals surface area contributed by atoms with Crippen molar-refractivity contribution in [3.05, 3.63) is 64.8 Å². The van der Waals surface area contributed by atoms with Gasteiger partial charge in [0.2, 0.25) is 5.91 Å². The minimum absolute atomic E-state index is 0.116. The Kier molecular flexibility index (Phi) is 4.95. The van der Waals surface area contributed by atoms with Gasteiger partial charge in [-0.15, -0.1) is 11.3 Å². The topological polar surface area (TPSA) is 33.2 Å². The second-order valence-electron chi connectivity index (χ2n) is 5.83. The Hall–Kier alpha value is -2.53. The number of thiazole rings is 1. The van der Waals surface area contributed by atoms with Crippen molar-refractivity contribution in [2.24, 2.45) is 0 Å². The first kappa shape index (κ1) is 17.3. The van der Waals surface area contributed by atoms with Crippen LogP contribution in [-0.4, -0.2) is 10.9 Å². The highest BCUT2D eigenvalue weighted by atomic mass is 32.1. The van der Waals surface area contributed by atoms with E-state index < -0.39 is 0 Å². The van der Waals surface area contributed by atoms with Crippen molar-refractivity contribution in [3.63, 3.8) is 0 Å². The van der Waals surface area contributed by atoms with E-state index in [1.807, 2.05) is 38.1 Å². The van der Waals surface area contributed by atoms with Gasteiger partial charge in [0, 0.05) is 16.9 Å². The number of aryl methyl sites for hydroxylation is 2. The molecule has 0 aliphatic carbocycles. The number of amides is 1. The first-order chi connectivity index (χ1) is 12.0. The first-order valence-corrected chi connectivity index (χ1v) is 8.94. The SMILES string of the molecule is CCC(=O)N(c1cccc(F)c1)c1nc(-c2ccc(C)cc2)c(C)s1. The fourth-order valence-electron chi connectivity index (χ4n) is 2.59. The maximum atomic E-state index is 13.6. The molecule has 0 aliphatic rings. The fourth-order valence-corrected chi connectivity index (χ4v) is 3.56. The van der Waals surface area contributed by atoms with E-state index in [0.717, 1.165) is 16.1 Å². The fraction of sp³-hybridized carbons (Fsp3) is 0.200. The van der Waals surface area contributed by atoms with Gasteiger partial charge in [-0.25, -0.2) is 9.37 Å². The summed E-state index contributed by atoms with van der Waals surface area (Å²) in [5, 5.41) is 0.561. The molecule has 5 heteroatoms. The third kappa shape index (κ3) is 3.61. The molecule has 25 heavy (non-hydrogen) atoms. The number of carbonyl (C=O) groups is 1. The van der Waals surface area contributed by atoms with Crippen molar-refractivity contribution >= 4 is 28.1 Å². The van der Waals surface area contributed by atoms with E-state index in [9.17, 15) is 9.18 Å². The number of aromatic nitrogens is 1. The predicted octanol–water partition coefficient (Wildman–Crippen LogP) is 5.64. The molecule has 0 aliphatic heterocycles. The summed E-state index contributed by atoms with van der Waals surface area (Å²) in [6.45, 7) is 5.81. The second kappa shape index (κ2) is 7.15. The number of carbonyl (C=O) groups excluding carboxylic acids is 1. The summed E-state index contributed by atoms with van der Waals surface area (Å²) in [7, 11) is 0. The van der Waals surface area contributed by atoms with E-state index >= 15 is 0 Å². The van der Waals surface area contributed by atoms with Crippen molar-refractivity contribution in [3.8, 4) is 11.3 Å². The number of halogens is 1. The second-order valence-corrected chi connectivity index (χ2v) is 7.01. The van der Waals surface area contributed by atoms with Gasteiger partial charge in [0.15, 0.2) is 5.13 Å². The molecule has 0 radical (unpaired) electrons. The van der Waals surface area contributed by atoms with Gasteiger partial charge in [-0.2, -0.15) is 0 Å². The Morgan fingerprint density at radius 1 is 1.16 bits per heavy atom. The summed E-state index contributed by atoms with van der Waals surface area (Å²) in [6, 6.07) is 14.2. The average Bonchev–Trinajstić information content (AvgIpc) is 2.97. The third-order valence-electron chi connectivity index (χ3n) is 3.92. The molecule has 1 heterocycles. The Morgan fingerprint density at radius 2 is 1.88 bits per heavy atom. The van der Waals surface area contributed by atoms with Crippen LogP contribution in [-0.2, 0) is 4.79 Å². The van der Waals surface area contributed by atoms with Crippen molar-refractivity contribution < 1.29 is 9.18 Å². The van der Waals surface area contributed by atoms with Crippen molar-refractivity contribution in [1.29, 1.82) is 0 Å². The zero-order valence-corrected chi connectivity index (χ0v) is 15.2. The molecule has 128 valence electrons. The Balaban J connectivity index is 2.07. The van der Waals surface area contributed by atoms with Crippen LogP contribution < -0.4 is 4.90 Å². The number of hydrogen-bond donors (Lipinski definition) is 0. The number of hydrogen-bond acceptors (Lipinski definition) is 3.